The molecule has 0 saturated heterocycles. The van der Waals surface area contributed by atoms with Crippen LogP contribution in [0.2, 0.25) is 0 Å². The number of hydrogen-bond donors (Lipinski definition) is 0. The number of allylic oxidation sites excluding steroid dienone is 2. The molecule has 0 saturated carbocycles. The van der Waals surface area contributed by atoms with Crippen molar-refractivity contribution in [2.24, 2.45) is 4.99 Å². The third-order valence-corrected chi connectivity index (χ3v) is 7.60. The van der Waals surface area contributed by atoms with Gasteiger partial charge in [0.25, 0.3) is 5.56 Å². The molecule has 3 aromatic rings. The van der Waals surface area contributed by atoms with Crippen molar-refractivity contribution in [3.8, 4) is 23.0 Å². The second kappa shape index (κ2) is 10.9. The average molecular weight is 587 g/mol. The summed E-state index contributed by atoms with van der Waals surface area (Å²) in [4.78, 5) is 32.2. The summed E-state index contributed by atoms with van der Waals surface area (Å²) in [6.07, 6.45) is 2.05. The first-order chi connectivity index (χ1) is 17.8. The predicted octanol–water partition coefficient (Wildman–Crippen LogP) is 4.01. The van der Waals surface area contributed by atoms with Gasteiger partial charge < -0.3 is 18.9 Å². The lowest BCUT2D eigenvalue weighted by Gasteiger charge is -2.26. The van der Waals surface area contributed by atoms with Crippen molar-refractivity contribution in [2.75, 3.05) is 28.4 Å². The van der Waals surface area contributed by atoms with E-state index in [9.17, 15) is 9.59 Å². The van der Waals surface area contributed by atoms with E-state index in [0.717, 1.165) is 10.0 Å². The van der Waals surface area contributed by atoms with Crippen molar-refractivity contribution < 1.29 is 23.7 Å². The minimum atomic E-state index is -0.719. The molecule has 1 aliphatic heterocycles. The third-order valence-electron chi connectivity index (χ3n) is 6.12. The Balaban J connectivity index is 2.04. The first-order valence-corrected chi connectivity index (χ1v) is 13.1. The van der Waals surface area contributed by atoms with Crippen LogP contribution in [0.4, 0.5) is 0 Å². The number of ketones is 1. The van der Waals surface area contributed by atoms with Gasteiger partial charge in [0.2, 0.25) is 5.75 Å². The molecule has 1 aromatic heterocycles. The minimum absolute atomic E-state index is 0.0945. The molecular formula is C27H27BrN2O6S. The summed E-state index contributed by atoms with van der Waals surface area (Å²) in [5.74, 6) is 1.81. The third kappa shape index (κ3) is 4.83. The Morgan fingerprint density at radius 3 is 2.27 bits per heavy atom. The Morgan fingerprint density at radius 2 is 1.70 bits per heavy atom. The standard InChI is InChI=1S/C27H27BrN2O6S/c1-7-18(31)23-14(2)29-27-30(24(23)16-11-20(34-4)25(36-6)21(12-16)35-5)26(32)22(37-27)13-15-10-17(28)8-9-19(15)33-3/h8-13,24H,7H2,1-6H3/b22-13-. The molecular weight excluding hydrogens is 560 g/mol. The summed E-state index contributed by atoms with van der Waals surface area (Å²) in [6.45, 7) is 3.59. The molecule has 0 amide bonds. The van der Waals surface area contributed by atoms with E-state index in [-0.39, 0.29) is 17.8 Å². The number of carbonyl (C=O) groups excluding carboxylic acids is 1. The van der Waals surface area contributed by atoms with Gasteiger partial charge in [0.1, 0.15) is 5.75 Å². The highest BCUT2D eigenvalue weighted by Gasteiger charge is 2.33. The van der Waals surface area contributed by atoms with E-state index in [1.54, 1.807) is 43.7 Å². The fourth-order valence-electron chi connectivity index (χ4n) is 4.40. The Hall–Kier alpha value is -3.37. The van der Waals surface area contributed by atoms with Crippen molar-refractivity contribution in [2.45, 2.75) is 26.3 Å². The van der Waals surface area contributed by atoms with Crippen molar-refractivity contribution in [1.29, 1.82) is 0 Å². The molecule has 2 heterocycles. The fourth-order valence-corrected chi connectivity index (χ4v) is 5.82. The summed E-state index contributed by atoms with van der Waals surface area (Å²) >= 11 is 4.74. The number of halogens is 1. The van der Waals surface area contributed by atoms with Gasteiger partial charge in [-0.05, 0) is 48.9 Å². The molecule has 0 bridgehead atoms. The van der Waals surface area contributed by atoms with Crippen LogP contribution in [0.3, 0.4) is 0 Å². The van der Waals surface area contributed by atoms with Gasteiger partial charge in [-0.3, -0.25) is 14.2 Å². The normalized spacial score (nSPS) is 15.2. The lowest BCUT2D eigenvalue weighted by Crippen LogP contribution is -2.39. The first-order valence-electron chi connectivity index (χ1n) is 11.5. The van der Waals surface area contributed by atoms with Gasteiger partial charge in [-0.15, -0.1) is 0 Å². The zero-order valence-electron chi connectivity index (χ0n) is 21.4. The molecule has 8 nitrogen and oxygen atoms in total. The van der Waals surface area contributed by atoms with Crippen molar-refractivity contribution in [1.82, 2.24) is 4.57 Å². The molecule has 0 fully saturated rings. The maximum atomic E-state index is 13.9. The topological polar surface area (TPSA) is 88.4 Å². The highest BCUT2D eigenvalue weighted by atomic mass is 79.9. The smallest absolute Gasteiger partial charge is 0.271 e. The molecule has 194 valence electrons. The van der Waals surface area contributed by atoms with Crippen molar-refractivity contribution >= 4 is 39.1 Å². The van der Waals surface area contributed by atoms with Gasteiger partial charge in [0.15, 0.2) is 22.1 Å². The number of hydrogen-bond acceptors (Lipinski definition) is 8. The van der Waals surface area contributed by atoms with Crippen LogP contribution >= 0.6 is 27.3 Å². The number of benzene rings is 2. The molecule has 1 unspecified atom stereocenters. The number of aromatic nitrogens is 1. The number of nitrogens with zero attached hydrogens (tertiary/aromatic N) is 2. The van der Waals surface area contributed by atoms with Gasteiger partial charge in [-0.1, -0.05) is 34.2 Å². The minimum Gasteiger partial charge on any atom is -0.496 e. The number of thiazole rings is 1. The Kier molecular flexibility index (Phi) is 7.89. The quantitative estimate of drug-likeness (QED) is 0.396. The number of ether oxygens (including phenoxy) is 4. The van der Waals surface area contributed by atoms with Crippen LogP contribution < -0.4 is 33.8 Å². The van der Waals surface area contributed by atoms with E-state index in [1.165, 1.54) is 32.7 Å². The Morgan fingerprint density at radius 1 is 1.05 bits per heavy atom. The van der Waals surface area contributed by atoms with Crippen LogP contribution in [0.25, 0.3) is 6.08 Å². The van der Waals surface area contributed by atoms with Crippen LogP contribution in [0, 0.1) is 0 Å². The fraction of sp³-hybridized carbons (Fsp3) is 0.296. The summed E-state index contributed by atoms with van der Waals surface area (Å²) < 4.78 is 25.0. The van der Waals surface area contributed by atoms with Crippen LogP contribution in [-0.4, -0.2) is 38.8 Å². The van der Waals surface area contributed by atoms with Gasteiger partial charge in [0, 0.05) is 27.7 Å². The Labute approximate surface area is 226 Å². The largest absolute Gasteiger partial charge is 0.496 e. The lowest BCUT2D eigenvalue weighted by atomic mass is 9.91. The lowest BCUT2D eigenvalue weighted by molar-refractivity contribution is -0.115. The molecule has 0 aliphatic carbocycles. The van der Waals surface area contributed by atoms with E-state index >= 15 is 0 Å². The Bertz CT molecular complexity index is 1560. The average Bonchev–Trinajstić information content (AvgIpc) is 3.20. The number of Topliss-reactive ketones (excluding diaryl/α,β-unsaturated/α-hetero) is 1. The van der Waals surface area contributed by atoms with Crippen LogP contribution in [0.15, 0.2) is 55.9 Å². The molecule has 1 atom stereocenters. The van der Waals surface area contributed by atoms with Crippen molar-refractivity contribution in [3.05, 3.63) is 76.9 Å². The van der Waals surface area contributed by atoms with Crippen LogP contribution in [-0.2, 0) is 4.79 Å². The maximum Gasteiger partial charge on any atom is 0.271 e. The number of methoxy groups -OCH3 is 4. The molecule has 2 aromatic carbocycles. The molecule has 10 heteroatoms. The van der Waals surface area contributed by atoms with E-state index in [4.69, 9.17) is 18.9 Å². The molecule has 37 heavy (non-hydrogen) atoms. The number of rotatable bonds is 8. The second-order valence-corrected chi connectivity index (χ2v) is 10.1. The number of fused-ring (bicyclic) bond motifs is 1. The predicted molar refractivity (Wildman–Crippen MR) is 146 cm³/mol. The van der Waals surface area contributed by atoms with Crippen LogP contribution in [0.1, 0.15) is 37.4 Å². The molecule has 0 radical (unpaired) electrons. The van der Waals surface area contributed by atoms with E-state index in [0.29, 0.717) is 49.2 Å². The van der Waals surface area contributed by atoms with Gasteiger partial charge in [-0.2, -0.15) is 0 Å². The number of carbonyl (C=O) groups is 1. The molecule has 0 spiro atoms. The molecule has 0 N–H and O–H groups in total. The summed E-state index contributed by atoms with van der Waals surface area (Å²) in [5, 5.41) is 0. The van der Waals surface area contributed by atoms with E-state index in [2.05, 4.69) is 20.9 Å². The van der Waals surface area contributed by atoms with Crippen molar-refractivity contribution in [3.63, 3.8) is 0 Å². The highest BCUT2D eigenvalue weighted by Crippen LogP contribution is 2.42. The zero-order chi connectivity index (χ0) is 26.9. The van der Waals surface area contributed by atoms with Gasteiger partial charge in [0.05, 0.1) is 39.0 Å². The van der Waals surface area contributed by atoms with E-state index in [1.807, 2.05) is 18.2 Å². The molecule has 4 rings (SSSR count). The SMILES string of the molecule is CCC(=O)C1=C(C)N=c2s/c(=C\c3cc(Br)ccc3OC)c(=O)n2C1c1cc(OC)c(OC)c(OC)c1. The zero-order valence-corrected chi connectivity index (χ0v) is 23.8. The highest BCUT2D eigenvalue weighted by molar-refractivity contribution is 9.10. The second-order valence-electron chi connectivity index (χ2n) is 8.20. The van der Waals surface area contributed by atoms with E-state index < -0.39 is 6.04 Å². The van der Waals surface area contributed by atoms with Crippen LogP contribution in [0.5, 0.6) is 23.0 Å². The summed E-state index contributed by atoms with van der Waals surface area (Å²) in [5.41, 5.74) is 2.15. The summed E-state index contributed by atoms with van der Waals surface area (Å²) in [7, 11) is 6.16. The van der Waals surface area contributed by atoms with Gasteiger partial charge in [-0.25, -0.2) is 4.99 Å². The first kappa shape index (κ1) is 26.7. The van der Waals surface area contributed by atoms with Gasteiger partial charge >= 0.3 is 0 Å². The summed E-state index contributed by atoms with van der Waals surface area (Å²) in [6, 6.07) is 8.39. The maximum absolute atomic E-state index is 13.9. The monoisotopic (exact) mass is 586 g/mol. The molecule has 1 aliphatic rings.